The topological polar surface area (TPSA) is 23.5 Å². The van der Waals surface area contributed by atoms with Gasteiger partial charge in [-0.15, -0.1) is 0 Å². The molecule has 2 aromatic carbocycles. The number of aryl methyl sites for hydroxylation is 1. The first kappa shape index (κ1) is 13.0. The number of aromatic hydroxyl groups is 1. The second kappa shape index (κ2) is 5.16. The van der Waals surface area contributed by atoms with Crippen molar-refractivity contribution in [2.45, 2.75) is 25.3 Å². The van der Waals surface area contributed by atoms with E-state index < -0.39 is 0 Å². The molecule has 1 N–H and O–H groups in total. The minimum atomic E-state index is -0.194. The highest BCUT2D eigenvalue weighted by Gasteiger charge is 2.25. The van der Waals surface area contributed by atoms with E-state index in [1.807, 2.05) is 36.2 Å². The van der Waals surface area contributed by atoms with Crippen molar-refractivity contribution in [3.63, 3.8) is 0 Å². The van der Waals surface area contributed by atoms with Crippen molar-refractivity contribution >= 4 is 5.69 Å². The van der Waals surface area contributed by atoms with Gasteiger partial charge in [-0.1, -0.05) is 18.2 Å². The zero-order valence-electron chi connectivity index (χ0n) is 11.5. The van der Waals surface area contributed by atoms with Crippen molar-refractivity contribution in [1.82, 2.24) is 0 Å². The van der Waals surface area contributed by atoms with Crippen LogP contribution in [0.3, 0.4) is 0 Å². The molecule has 3 rings (SSSR count). The number of halogens is 1. The quantitative estimate of drug-likeness (QED) is 0.891. The van der Waals surface area contributed by atoms with Crippen LogP contribution >= 0.6 is 0 Å². The minimum Gasteiger partial charge on any atom is -0.508 e. The Morgan fingerprint density at radius 3 is 2.80 bits per heavy atom. The Hall–Kier alpha value is -2.03. The molecule has 0 amide bonds. The summed E-state index contributed by atoms with van der Waals surface area (Å²) in [5.41, 5.74) is 2.99. The molecule has 0 bridgehead atoms. The molecular weight excluding hydrogens is 253 g/mol. The van der Waals surface area contributed by atoms with Crippen molar-refractivity contribution in [3.05, 3.63) is 59.4 Å². The fourth-order valence-corrected chi connectivity index (χ4v) is 3.08. The molecule has 20 heavy (non-hydrogen) atoms. The summed E-state index contributed by atoms with van der Waals surface area (Å²) >= 11 is 0. The number of benzene rings is 2. The van der Waals surface area contributed by atoms with Gasteiger partial charge in [-0.2, -0.15) is 0 Å². The second-order valence-electron chi connectivity index (χ2n) is 5.35. The molecule has 1 atom stereocenters. The molecule has 0 saturated carbocycles. The predicted octanol–water partition coefficient (Wildman–Crippen LogP) is 4.05. The van der Waals surface area contributed by atoms with Crippen molar-refractivity contribution < 1.29 is 9.50 Å². The molecule has 0 aliphatic heterocycles. The number of rotatable bonds is 2. The normalized spacial score (nSPS) is 17.6. The van der Waals surface area contributed by atoms with Gasteiger partial charge in [0.2, 0.25) is 0 Å². The number of hydrogen-bond donors (Lipinski definition) is 1. The molecule has 1 aliphatic rings. The van der Waals surface area contributed by atoms with Gasteiger partial charge in [-0.25, -0.2) is 4.39 Å². The maximum Gasteiger partial charge on any atom is 0.146 e. The third-order valence-electron chi connectivity index (χ3n) is 4.11. The van der Waals surface area contributed by atoms with E-state index in [0.717, 1.165) is 19.3 Å². The summed E-state index contributed by atoms with van der Waals surface area (Å²) in [6, 6.07) is 12.5. The number of fused-ring (bicyclic) bond motifs is 1. The molecule has 2 nitrogen and oxygen atoms in total. The molecule has 0 saturated heterocycles. The summed E-state index contributed by atoms with van der Waals surface area (Å²) in [7, 11) is 1.94. The Labute approximate surface area is 118 Å². The van der Waals surface area contributed by atoms with Crippen LogP contribution in [0.25, 0.3) is 0 Å². The SMILES string of the molecule is CN(c1ccccc1F)C1CCCc2cc(O)ccc21. The van der Waals surface area contributed by atoms with Crippen LogP contribution in [0.4, 0.5) is 10.1 Å². The van der Waals surface area contributed by atoms with Crippen LogP contribution in [-0.4, -0.2) is 12.2 Å². The molecule has 0 spiro atoms. The van der Waals surface area contributed by atoms with Crippen LogP contribution < -0.4 is 4.90 Å². The average Bonchev–Trinajstić information content (AvgIpc) is 2.46. The number of phenols is 1. The molecule has 3 heteroatoms. The van der Waals surface area contributed by atoms with Gasteiger partial charge in [0.05, 0.1) is 11.7 Å². The maximum absolute atomic E-state index is 14.0. The molecule has 1 aliphatic carbocycles. The smallest absolute Gasteiger partial charge is 0.146 e. The largest absolute Gasteiger partial charge is 0.508 e. The molecule has 0 fully saturated rings. The number of hydrogen-bond acceptors (Lipinski definition) is 2. The Bertz CT molecular complexity index is 626. The van der Waals surface area contributed by atoms with Gasteiger partial charge in [0.1, 0.15) is 11.6 Å². The van der Waals surface area contributed by atoms with Crippen LogP contribution in [0.2, 0.25) is 0 Å². The van der Waals surface area contributed by atoms with Crippen LogP contribution in [-0.2, 0) is 6.42 Å². The number of nitrogens with zero attached hydrogens (tertiary/aromatic N) is 1. The van der Waals surface area contributed by atoms with Crippen molar-refractivity contribution in [2.75, 3.05) is 11.9 Å². The summed E-state index contributed by atoms with van der Waals surface area (Å²) in [4.78, 5) is 2.00. The van der Waals surface area contributed by atoms with E-state index in [0.29, 0.717) is 11.4 Å². The lowest BCUT2D eigenvalue weighted by Crippen LogP contribution is -2.28. The Balaban J connectivity index is 1.98. The maximum atomic E-state index is 14.0. The molecule has 0 heterocycles. The van der Waals surface area contributed by atoms with Gasteiger partial charge >= 0.3 is 0 Å². The van der Waals surface area contributed by atoms with Crippen LogP contribution in [0.1, 0.15) is 30.0 Å². The third kappa shape index (κ3) is 2.24. The highest BCUT2D eigenvalue weighted by atomic mass is 19.1. The molecular formula is C17H18FNO. The first-order chi connectivity index (χ1) is 9.66. The molecule has 0 aromatic heterocycles. The lowest BCUT2D eigenvalue weighted by atomic mass is 9.86. The van der Waals surface area contributed by atoms with Crippen LogP contribution in [0.5, 0.6) is 5.75 Å². The average molecular weight is 271 g/mol. The summed E-state index contributed by atoms with van der Waals surface area (Å²) in [6.45, 7) is 0. The van der Waals surface area contributed by atoms with E-state index in [-0.39, 0.29) is 11.9 Å². The first-order valence-corrected chi connectivity index (χ1v) is 6.96. The standard InChI is InChI=1S/C17H18FNO/c1-19(17-7-3-2-6-15(17)18)16-8-4-5-12-11-13(20)9-10-14(12)16/h2-3,6-7,9-11,16,20H,4-5,8H2,1H3. The molecule has 104 valence electrons. The van der Waals surface area contributed by atoms with Crippen LogP contribution in [0.15, 0.2) is 42.5 Å². The molecule has 2 aromatic rings. The monoisotopic (exact) mass is 271 g/mol. The lowest BCUT2D eigenvalue weighted by molar-refractivity contribution is 0.470. The number of para-hydroxylation sites is 1. The summed E-state index contributed by atoms with van der Waals surface area (Å²) in [5.74, 6) is 0.110. The summed E-state index contributed by atoms with van der Waals surface area (Å²) < 4.78 is 14.0. The molecule has 0 radical (unpaired) electrons. The van der Waals surface area contributed by atoms with Crippen molar-refractivity contribution in [2.24, 2.45) is 0 Å². The fourth-order valence-electron chi connectivity index (χ4n) is 3.08. The zero-order valence-corrected chi connectivity index (χ0v) is 11.5. The van der Waals surface area contributed by atoms with Gasteiger partial charge in [-0.05, 0) is 54.7 Å². The van der Waals surface area contributed by atoms with Gasteiger partial charge < -0.3 is 10.0 Å². The van der Waals surface area contributed by atoms with Gasteiger partial charge in [0.25, 0.3) is 0 Å². The van der Waals surface area contributed by atoms with E-state index in [9.17, 15) is 9.50 Å². The van der Waals surface area contributed by atoms with Gasteiger partial charge in [0, 0.05) is 7.05 Å². The highest BCUT2D eigenvalue weighted by Crippen LogP contribution is 2.37. The summed E-state index contributed by atoms with van der Waals surface area (Å²) in [5, 5.41) is 9.60. The highest BCUT2D eigenvalue weighted by molar-refractivity contribution is 5.51. The van der Waals surface area contributed by atoms with E-state index >= 15 is 0 Å². The van der Waals surface area contributed by atoms with E-state index in [1.54, 1.807) is 12.1 Å². The minimum absolute atomic E-state index is 0.163. The van der Waals surface area contributed by atoms with E-state index in [1.165, 1.54) is 17.2 Å². The van der Waals surface area contributed by atoms with Crippen molar-refractivity contribution in [1.29, 1.82) is 0 Å². The number of phenolic OH excluding ortho intramolecular Hbond substituents is 1. The number of anilines is 1. The first-order valence-electron chi connectivity index (χ1n) is 6.96. The summed E-state index contributed by atoms with van der Waals surface area (Å²) in [6.07, 6.45) is 3.04. The Morgan fingerprint density at radius 2 is 2.00 bits per heavy atom. The second-order valence-corrected chi connectivity index (χ2v) is 5.35. The Morgan fingerprint density at radius 1 is 1.20 bits per heavy atom. The van der Waals surface area contributed by atoms with E-state index in [2.05, 4.69) is 0 Å². The van der Waals surface area contributed by atoms with Gasteiger partial charge in [0.15, 0.2) is 0 Å². The zero-order chi connectivity index (χ0) is 14.1. The third-order valence-corrected chi connectivity index (χ3v) is 4.11. The van der Waals surface area contributed by atoms with Crippen LogP contribution in [0, 0.1) is 5.82 Å². The van der Waals surface area contributed by atoms with E-state index in [4.69, 9.17) is 0 Å². The van der Waals surface area contributed by atoms with Crippen molar-refractivity contribution in [3.8, 4) is 5.75 Å². The van der Waals surface area contributed by atoms with Gasteiger partial charge in [-0.3, -0.25) is 0 Å². The molecule has 1 unspecified atom stereocenters. The Kier molecular flexibility index (Phi) is 3.35. The fraction of sp³-hybridized carbons (Fsp3) is 0.294. The predicted molar refractivity (Wildman–Crippen MR) is 78.6 cm³/mol. The lowest BCUT2D eigenvalue weighted by Gasteiger charge is -2.35.